The quantitative estimate of drug-likeness (QED) is 0.606. The summed E-state index contributed by atoms with van der Waals surface area (Å²) in [6, 6.07) is 8.92. The number of carbonyl (C=O) groups excluding carboxylic acids is 1. The number of allylic oxidation sites excluding steroid dienone is 2. The number of nitrogens with zero attached hydrogens (tertiary/aromatic N) is 2. The van der Waals surface area contributed by atoms with Crippen LogP contribution in [0.15, 0.2) is 83.5 Å². The van der Waals surface area contributed by atoms with Gasteiger partial charge in [-0.2, -0.15) is 0 Å². The number of amides is 1. The lowest BCUT2D eigenvalue weighted by Gasteiger charge is -2.12. The monoisotopic (exact) mass is 392 g/mol. The van der Waals surface area contributed by atoms with E-state index in [1.807, 2.05) is 23.6 Å². The maximum atomic E-state index is 12.5. The van der Waals surface area contributed by atoms with E-state index in [9.17, 15) is 9.59 Å². The van der Waals surface area contributed by atoms with Gasteiger partial charge in [0.15, 0.2) is 0 Å². The predicted octanol–water partition coefficient (Wildman–Crippen LogP) is 3.04. The third-order valence-corrected chi connectivity index (χ3v) is 5.06. The summed E-state index contributed by atoms with van der Waals surface area (Å²) >= 11 is 1.39. The van der Waals surface area contributed by atoms with Crippen molar-refractivity contribution in [2.24, 2.45) is 0 Å². The van der Waals surface area contributed by atoms with Crippen molar-refractivity contribution in [1.82, 2.24) is 20.2 Å². The molecule has 2 N–H and O–H groups in total. The fourth-order valence-corrected chi connectivity index (χ4v) is 3.41. The molecule has 1 aromatic carbocycles. The summed E-state index contributed by atoms with van der Waals surface area (Å²) in [6.45, 7) is 7.88. The molecule has 2 heterocycles. The number of thiophene rings is 1. The second-order valence-electron chi connectivity index (χ2n) is 6.01. The zero-order valence-corrected chi connectivity index (χ0v) is 16.3. The molecule has 0 atom stereocenters. The molecule has 7 heteroatoms. The van der Waals surface area contributed by atoms with Gasteiger partial charge in [-0.1, -0.05) is 31.4 Å². The van der Waals surface area contributed by atoms with E-state index in [1.54, 1.807) is 42.2 Å². The van der Waals surface area contributed by atoms with E-state index < -0.39 is 0 Å². The Kier molecular flexibility index (Phi) is 5.86. The Balaban J connectivity index is 1.75. The molecule has 142 valence electrons. The molecule has 2 aromatic heterocycles. The van der Waals surface area contributed by atoms with Crippen molar-refractivity contribution in [3.63, 3.8) is 0 Å². The second kappa shape index (κ2) is 8.49. The van der Waals surface area contributed by atoms with Crippen molar-refractivity contribution in [3.05, 3.63) is 100 Å². The minimum Gasteiger partial charge on any atom is -0.387 e. The minimum absolute atomic E-state index is 0.0633. The Morgan fingerprint density at radius 3 is 2.71 bits per heavy atom. The molecule has 6 nitrogen and oxygen atoms in total. The van der Waals surface area contributed by atoms with E-state index in [0.717, 1.165) is 5.56 Å². The van der Waals surface area contributed by atoms with Gasteiger partial charge < -0.3 is 10.6 Å². The molecule has 0 radical (unpaired) electrons. The number of benzene rings is 1. The van der Waals surface area contributed by atoms with Crippen molar-refractivity contribution in [2.45, 2.75) is 6.54 Å². The maximum Gasteiger partial charge on any atom is 0.271 e. The first-order valence-corrected chi connectivity index (χ1v) is 9.44. The molecule has 28 heavy (non-hydrogen) atoms. The van der Waals surface area contributed by atoms with Crippen LogP contribution in [0.2, 0.25) is 0 Å². The molecule has 3 rings (SSSR count). The number of fused-ring (bicyclic) bond motifs is 1. The van der Waals surface area contributed by atoms with Crippen LogP contribution in [0.25, 0.3) is 10.2 Å². The number of hydrogen-bond acceptors (Lipinski definition) is 5. The van der Waals surface area contributed by atoms with Gasteiger partial charge in [0.2, 0.25) is 0 Å². The SMILES string of the molecule is C=C/C=C(/NC(=O)c1ccc(Cn2cnc3ccsc3c2=O)cc1)C(=C)NC. The van der Waals surface area contributed by atoms with Gasteiger partial charge in [0.05, 0.1) is 29.8 Å². The predicted molar refractivity (Wildman–Crippen MR) is 113 cm³/mol. The molecule has 0 saturated carbocycles. The van der Waals surface area contributed by atoms with Crippen molar-refractivity contribution < 1.29 is 4.79 Å². The molecule has 0 bridgehead atoms. The Hall–Kier alpha value is -3.45. The fourth-order valence-electron chi connectivity index (χ4n) is 2.61. The summed E-state index contributed by atoms with van der Waals surface area (Å²) in [5.74, 6) is -0.255. The highest BCUT2D eigenvalue weighted by Crippen LogP contribution is 2.14. The van der Waals surface area contributed by atoms with Crippen LogP contribution in [0.1, 0.15) is 15.9 Å². The van der Waals surface area contributed by atoms with Crippen molar-refractivity contribution >= 4 is 27.5 Å². The number of carbonyl (C=O) groups is 1. The molecule has 0 saturated heterocycles. The molecular weight excluding hydrogens is 372 g/mol. The first-order chi connectivity index (χ1) is 13.5. The molecule has 3 aromatic rings. The van der Waals surface area contributed by atoms with Gasteiger partial charge in [-0.25, -0.2) is 4.98 Å². The van der Waals surface area contributed by atoms with E-state index in [2.05, 4.69) is 28.8 Å². The van der Waals surface area contributed by atoms with Crippen molar-refractivity contribution in [2.75, 3.05) is 7.05 Å². The number of aromatic nitrogens is 2. The third kappa shape index (κ3) is 4.10. The van der Waals surface area contributed by atoms with E-state index in [-0.39, 0.29) is 11.5 Å². The highest BCUT2D eigenvalue weighted by molar-refractivity contribution is 7.17. The van der Waals surface area contributed by atoms with Crippen molar-refractivity contribution in [3.8, 4) is 0 Å². The highest BCUT2D eigenvalue weighted by atomic mass is 32.1. The van der Waals surface area contributed by atoms with E-state index >= 15 is 0 Å². The Morgan fingerprint density at radius 2 is 2.04 bits per heavy atom. The number of nitrogens with one attached hydrogen (secondary N) is 2. The van der Waals surface area contributed by atoms with Crippen LogP contribution in [0.5, 0.6) is 0 Å². The molecule has 0 unspecified atom stereocenters. The zero-order chi connectivity index (χ0) is 20.1. The van der Waals surface area contributed by atoms with Crippen LogP contribution in [0.3, 0.4) is 0 Å². The lowest BCUT2D eigenvalue weighted by Crippen LogP contribution is -2.26. The van der Waals surface area contributed by atoms with Gasteiger partial charge in [0, 0.05) is 12.6 Å². The maximum absolute atomic E-state index is 12.5. The highest BCUT2D eigenvalue weighted by Gasteiger charge is 2.10. The number of hydrogen-bond donors (Lipinski definition) is 2. The summed E-state index contributed by atoms with van der Waals surface area (Å²) in [5.41, 5.74) is 3.19. The van der Waals surface area contributed by atoms with Crippen LogP contribution < -0.4 is 16.2 Å². The molecule has 1 amide bonds. The largest absolute Gasteiger partial charge is 0.387 e. The van der Waals surface area contributed by atoms with Gasteiger partial charge in [0.1, 0.15) is 4.70 Å². The zero-order valence-electron chi connectivity index (χ0n) is 15.4. The third-order valence-electron chi connectivity index (χ3n) is 4.16. The van der Waals surface area contributed by atoms with Crippen LogP contribution in [-0.4, -0.2) is 22.5 Å². The standard InChI is InChI=1S/C21H20N4O2S/c1-4-5-17(14(2)22-3)24-20(26)16-8-6-15(7-9-16)12-25-13-23-18-10-11-28-19(18)21(25)27/h4-11,13,22H,1-2,12H2,3H3,(H,24,26)/b17-5+. The van der Waals surface area contributed by atoms with Crippen molar-refractivity contribution in [1.29, 1.82) is 0 Å². The summed E-state index contributed by atoms with van der Waals surface area (Å²) in [4.78, 5) is 29.3. The lowest BCUT2D eigenvalue weighted by molar-refractivity contribution is 0.0966. The Labute approximate surface area is 166 Å². The summed E-state index contributed by atoms with van der Waals surface area (Å²) in [5, 5.41) is 7.56. The van der Waals surface area contributed by atoms with Crippen LogP contribution in [0.4, 0.5) is 0 Å². The van der Waals surface area contributed by atoms with Gasteiger partial charge in [-0.05, 0) is 35.2 Å². The number of rotatable bonds is 7. The van der Waals surface area contributed by atoms with Crippen LogP contribution >= 0.6 is 11.3 Å². The Bertz CT molecular complexity index is 1120. The van der Waals surface area contributed by atoms with Crippen LogP contribution in [0, 0.1) is 0 Å². The van der Waals surface area contributed by atoms with E-state index in [1.165, 1.54) is 11.3 Å². The topological polar surface area (TPSA) is 76.0 Å². The van der Waals surface area contributed by atoms with Gasteiger partial charge in [-0.3, -0.25) is 14.2 Å². The Morgan fingerprint density at radius 1 is 1.29 bits per heavy atom. The summed E-state index contributed by atoms with van der Waals surface area (Å²) < 4.78 is 2.21. The average molecular weight is 392 g/mol. The summed E-state index contributed by atoms with van der Waals surface area (Å²) in [7, 11) is 1.73. The fraction of sp³-hybridized carbons (Fsp3) is 0.0952. The van der Waals surface area contributed by atoms with Gasteiger partial charge in [0.25, 0.3) is 11.5 Å². The molecule has 0 fully saturated rings. The summed E-state index contributed by atoms with van der Waals surface area (Å²) in [6.07, 6.45) is 4.80. The molecular formula is C21H20N4O2S. The average Bonchev–Trinajstić information content (AvgIpc) is 3.19. The number of likely N-dealkylation sites (N-methyl/N-ethyl adjacent to an activating group) is 1. The second-order valence-corrected chi connectivity index (χ2v) is 6.92. The molecule has 0 aliphatic rings. The van der Waals surface area contributed by atoms with Crippen LogP contribution in [-0.2, 0) is 6.54 Å². The normalized spacial score (nSPS) is 11.2. The smallest absolute Gasteiger partial charge is 0.271 e. The molecule has 0 aliphatic carbocycles. The lowest BCUT2D eigenvalue weighted by atomic mass is 10.1. The molecule has 0 spiro atoms. The van der Waals surface area contributed by atoms with E-state index in [4.69, 9.17) is 0 Å². The minimum atomic E-state index is -0.255. The molecule has 0 aliphatic heterocycles. The van der Waals surface area contributed by atoms with Gasteiger partial charge in [-0.15, -0.1) is 11.3 Å². The van der Waals surface area contributed by atoms with E-state index in [0.29, 0.717) is 33.7 Å². The first-order valence-electron chi connectivity index (χ1n) is 8.56. The van der Waals surface area contributed by atoms with Gasteiger partial charge >= 0.3 is 0 Å². The first kappa shape index (κ1) is 19.3.